The van der Waals surface area contributed by atoms with Gasteiger partial charge in [-0.25, -0.2) is 0 Å². The van der Waals surface area contributed by atoms with Gasteiger partial charge in [-0.15, -0.1) is 0 Å². The van der Waals surface area contributed by atoms with E-state index < -0.39 is 30.3 Å². The van der Waals surface area contributed by atoms with E-state index in [1.807, 2.05) is 30.1 Å². The molecular formula is C17H25NO3. The SMILES string of the molecule is [2H]C1C[C@@]2(c3ccc(OC)c(OC)c3)CCN(C)[C@H]2C([2H])([2H])[C@H]1O. The average molecular weight is 294 g/mol. The third kappa shape index (κ3) is 2.30. The summed E-state index contributed by atoms with van der Waals surface area (Å²) in [7, 11) is 5.05. The second-order valence-corrected chi connectivity index (χ2v) is 5.91. The van der Waals surface area contributed by atoms with Crippen LogP contribution in [0.15, 0.2) is 18.2 Å². The minimum absolute atomic E-state index is 0.429. The molecule has 4 heteroatoms. The van der Waals surface area contributed by atoms with Crippen LogP contribution in [0.1, 0.15) is 35.3 Å². The van der Waals surface area contributed by atoms with Gasteiger partial charge in [0, 0.05) is 15.6 Å². The topological polar surface area (TPSA) is 41.9 Å². The first kappa shape index (κ1) is 11.3. The minimum atomic E-state index is -1.84. The van der Waals surface area contributed by atoms with Gasteiger partial charge in [-0.05, 0) is 56.9 Å². The fourth-order valence-corrected chi connectivity index (χ4v) is 3.68. The largest absolute Gasteiger partial charge is 0.493 e. The molecule has 1 aromatic carbocycles. The highest BCUT2D eigenvalue weighted by Gasteiger charge is 2.50. The molecule has 1 unspecified atom stereocenters. The summed E-state index contributed by atoms with van der Waals surface area (Å²) in [6.07, 6.45) is -2.79. The maximum atomic E-state index is 10.3. The first-order chi connectivity index (χ1) is 11.3. The molecule has 0 radical (unpaired) electrons. The molecule has 1 aliphatic carbocycles. The lowest BCUT2D eigenvalue weighted by Gasteiger charge is -2.43. The summed E-state index contributed by atoms with van der Waals surface area (Å²) in [5.74, 6) is 1.23. The number of nitrogens with zero attached hydrogens (tertiary/aromatic N) is 1. The number of aliphatic hydroxyl groups excluding tert-OH is 1. The van der Waals surface area contributed by atoms with Crippen molar-refractivity contribution in [3.8, 4) is 11.5 Å². The summed E-state index contributed by atoms with van der Waals surface area (Å²) in [4.78, 5) is 1.98. The molecule has 21 heavy (non-hydrogen) atoms. The molecule has 2 fully saturated rings. The number of ether oxygens (including phenoxy) is 2. The van der Waals surface area contributed by atoms with Crippen LogP contribution in [0.5, 0.6) is 11.5 Å². The quantitative estimate of drug-likeness (QED) is 0.928. The van der Waals surface area contributed by atoms with Gasteiger partial charge in [0.2, 0.25) is 0 Å². The standard InChI is InChI=1S/C17H25NO3/c1-18-9-8-17(7-6-13(19)11-16(17)18)12-4-5-14(20-2)15(10-12)21-3/h4-5,10,13,16,19H,6-9,11H2,1-3H3/t13-,16-,17-/m0/s1/i6D,11D2/t6?,13-,16-,17-. The molecule has 1 aromatic rings. The highest BCUT2D eigenvalue weighted by Crippen LogP contribution is 2.49. The van der Waals surface area contributed by atoms with Crippen molar-refractivity contribution in [3.63, 3.8) is 0 Å². The summed E-state index contributed by atoms with van der Waals surface area (Å²) in [5.41, 5.74) is 0.436. The molecule has 3 rings (SSSR count). The number of hydrogen-bond donors (Lipinski definition) is 1. The summed E-state index contributed by atoms with van der Waals surface area (Å²) in [6.45, 7) is 0.734. The molecule has 0 spiro atoms. The molecule has 1 N–H and O–H groups in total. The lowest BCUT2D eigenvalue weighted by Crippen LogP contribution is -2.47. The van der Waals surface area contributed by atoms with Gasteiger partial charge in [-0.3, -0.25) is 0 Å². The van der Waals surface area contributed by atoms with Gasteiger partial charge in [0.15, 0.2) is 11.5 Å². The number of likely N-dealkylation sites (N-methyl/N-ethyl adjacent to an activating group) is 1. The van der Waals surface area contributed by atoms with Crippen LogP contribution < -0.4 is 9.47 Å². The average Bonchev–Trinajstić information content (AvgIpc) is 2.90. The Bertz CT molecular complexity index is 627. The number of fused-ring (bicyclic) bond motifs is 1. The van der Waals surface area contributed by atoms with E-state index in [0.717, 1.165) is 18.5 Å². The predicted molar refractivity (Wildman–Crippen MR) is 82.1 cm³/mol. The van der Waals surface area contributed by atoms with Crippen molar-refractivity contribution in [3.05, 3.63) is 23.8 Å². The monoisotopic (exact) mass is 294 g/mol. The second kappa shape index (κ2) is 5.50. The van der Waals surface area contributed by atoms with Crippen LogP contribution >= 0.6 is 0 Å². The third-order valence-corrected chi connectivity index (χ3v) is 4.87. The molecule has 0 bridgehead atoms. The van der Waals surface area contributed by atoms with Gasteiger partial charge in [0.1, 0.15) is 0 Å². The van der Waals surface area contributed by atoms with Gasteiger partial charge in [-0.1, -0.05) is 6.07 Å². The lowest BCUT2D eigenvalue weighted by molar-refractivity contribution is 0.0566. The number of methoxy groups -OCH3 is 2. The predicted octanol–water partition coefficient (Wildman–Crippen LogP) is 2.19. The van der Waals surface area contributed by atoms with Gasteiger partial charge >= 0.3 is 0 Å². The van der Waals surface area contributed by atoms with Crippen molar-refractivity contribution in [1.29, 1.82) is 0 Å². The summed E-state index contributed by atoms with van der Waals surface area (Å²) < 4.78 is 35.9. The molecular weight excluding hydrogens is 266 g/mol. The van der Waals surface area contributed by atoms with E-state index in [-0.39, 0.29) is 0 Å². The molecule has 1 saturated heterocycles. The summed E-state index contributed by atoms with van der Waals surface area (Å²) in [5, 5.41) is 10.3. The molecule has 2 aliphatic rings. The maximum absolute atomic E-state index is 10.3. The van der Waals surface area contributed by atoms with Crippen molar-refractivity contribution in [1.82, 2.24) is 4.90 Å². The van der Waals surface area contributed by atoms with E-state index in [0.29, 0.717) is 17.9 Å². The van der Waals surface area contributed by atoms with Crippen molar-refractivity contribution in [2.24, 2.45) is 0 Å². The van der Waals surface area contributed by atoms with E-state index in [1.54, 1.807) is 14.2 Å². The number of benzene rings is 1. The first-order valence-electron chi connectivity index (χ1n) is 8.88. The van der Waals surface area contributed by atoms with E-state index in [9.17, 15) is 5.11 Å². The molecule has 1 aliphatic heterocycles. The molecule has 4 nitrogen and oxygen atoms in total. The highest BCUT2D eigenvalue weighted by atomic mass is 16.5. The Labute approximate surface area is 130 Å². The van der Waals surface area contributed by atoms with E-state index in [2.05, 4.69) is 0 Å². The van der Waals surface area contributed by atoms with Crippen LogP contribution in [-0.2, 0) is 5.41 Å². The number of aliphatic hydroxyl groups is 1. The fraction of sp³-hybridized carbons (Fsp3) is 0.647. The number of likely N-dealkylation sites (tertiary alicyclic amines) is 1. The Morgan fingerprint density at radius 3 is 2.76 bits per heavy atom. The third-order valence-electron chi connectivity index (χ3n) is 4.87. The van der Waals surface area contributed by atoms with Crippen LogP contribution in [0.4, 0.5) is 0 Å². The molecule has 0 aromatic heterocycles. The zero-order valence-electron chi connectivity index (χ0n) is 15.8. The summed E-state index contributed by atoms with van der Waals surface area (Å²) in [6, 6.07) is 5.19. The fourth-order valence-electron chi connectivity index (χ4n) is 3.68. The Hall–Kier alpha value is -1.26. The second-order valence-electron chi connectivity index (χ2n) is 5.91. The van der Waals surface area contributed by atoms with Crippen LogP contribution in [0.2, 0.25) is 0 Å². The maximum Gasteiger partial charge on any atom is 0.161 e. The Morgan fingerprint density at radius 2 is 2.05 bits per heavy atom. The summed E-state index contributed by atoms with van der Waals surface area (Å²) >= 11 is 0. The molecule has 4 atom stereocenters. The minimum Gasteiger partial charge on any atom is -0.493 e. The van der Waals surface area contributed by atoms with Gasteiger partial charge < -0.3 is 19.5 Å². The molecule has 116 valence electrons. The first-order valence-corrected chi connectivity index (χ1v) is 7.31. The number of hydrogen-bond acceptors (Lipinski definition) is 4. The highest BCUT2D eigenvalue weighted by molar-refractivity contribution is 5.46. The van der Waals surface area contributed by atoms with Gasteiger partial charge in [-0.2, -0.15) is 0 Å². The van der Waals surface area contributed by atoms with Gasteiger partial charge in [0.25, 0.3) is 0 Å². The Morgan fingerprint density at radius 1 is 1.29 bits per heavy atom. The van der Waals surface area contributed by atoms with Crippen LogP contribution in [0.25, 0.3) is 0 Å². The van der Waals surface area contributed by atoms with Crippen molar-refractivity contribution >= 4 is 0 Å². The van der Waals surface area contributed by atoms with Crippen molar-refractivity contribution in [2.75, 3.05) is 27.8 Å². The zero-order valence-corrected chi connectivity index (χ0v) is 12.8. The van der Waals surface area contributed by atoms with Crippen molar-refractivity contribution < 1.29 is 18.7 Å². The Balaban J connectivity index is 2.13. The van der Waals surface area contributed by atoms with E-state index in [1.165, 1.54) is 0 Å². The molecule has 0 amide bonds. The Kier molecular flexibility index (Phi) is 2.97. The van der Waals surface area contributed by atoms with Crippen LogP contribution in [0.3, 0.4) is 0 Å². The normalized spacial score (nSPS) is 40.8. The molecule has 1 heterocycles. The van der Waals surface area contributed by atoms with Crippen molar-refractivity contribution in [2.45, 2.75) is 43.2 Å². The van der Waals surface area contributed by atoms with E-state index in [4.69, 9.17) is 13.6 Å². The van der Waals surface area contributed by atoms with E-state index >= 15 is 0 Å². The zero-order chi connectivity index (χ0) is 17.7. The number of rotatable bonds is 3. The van der Waals surface area contributed by atoms with Crippen LogP contribution in [0, 0.1) is 0 Å². The van der Waals surface area contributed by atoms with Crippen LogP contribution in [-0.4, -0.2) is 50.0 Å². The molecule has 1 saturated carbocycles. The lowest BCUT2D eigenvalue weighted by atomic mass is 9.65. The smallest absolute Gasteiger partial charge is 0.161 e. The van der Waals surface area contributed by atoms with Gasteiger partial charge in [0.05, 0.1) is 20.3 Å².